The van der Waals surface area contributed by atoms with E-state index in [1.54, 1.807) is 4.57 Å². The van der Waals surface area contributed by atoms with Crippen molar-refractivity contribution >= 4 is 50.3 Å². The first kappa shape index (κ1) is 22.4. The molecule has 2 aromatic carbocycles. The lowest BCUT2D eigenvalue weighted by atomic mass is 10.1. The van der Waals surface area contributed by atoms with Crippen LogP contribution in [0.4, 0.5) is 5.69 Å². The highest BCUT2D eigenvalue weighted by Gasteiger charge is 2.19. The molecule has 0 aliphatic heterocycles. The summed E-state index contributed by atoms with van der Waals surface area (Å²) in [5, 5.41) is 3.44. The number of benzene rings is 2. The molecule has 1 amide bonds. The number of aromatic amines is 1. The van der Waals surface area contributed by atoms with Gasteiger partial charge in [-0.1, -0.05) is 58.0 Å². The Morgan fingerprint density at radius 3 is 2.66 bits per heavy atom. The van der Waals surface area contributed by atoms with Crippen LogP contribution in [0.3, 0.4) is 0 Å². The Hall–Kier alpha value is -2.84. The second-order valence-electron chi connectivity index (χ2n) is 7.76. The maximum absolute atomic E-state index is 13.2. The molecule has 0 bridgehead atoms. The number of hydrogen-bond donors (Lipinski definition) is 2. The Morgan fingerprint density at radius 1 is 1.22 bits per heavy atom. The lowest BCUT2D eigenvalue weighted by Crippen LogP contribution is -2.26. The third kappa shape index (κ3) is 4.52. The third-order valence-electron chi connectivity index (χ3n) is 5.07. The Labute approximate surface area is 198 Å². The number of aromatic nitrogens is 3. The smallest absolute Gasteiger partial charge is 0.278 e. The van der Waals surface area contributed by atoms with Crippen LogP contribution in [-0.2, 0) is 4.79 Å². The molecule has 0 aliphatic rings. The van der Waals surface area contributed by atoms with E-state index in [2.05, 4.69) is 26.2 Å². The highest BCUT2D eigenvalue weighted by molar-refractivity contribution is 9.10. The predicted octanol–water partition coefficient (Wildman–Crippen LogP) is 5.77. The quantitative estimate of drug-likeness (QED) is 0.254. The number of hydrogen-bond acceptors (Lipinski definition) is 4. The van der Waals surface area contributed by atoms with Gasteiger partial charge in [0.2, 0.25) is 5.91 Å². The fourth-order valence-electron chi connectivity index (χ4n) is 3.50. The van der Waals surface area contributed by atoms with Crippen LogP contribution in [0.15, 0.2) is 69.2 Å². The van der Waals surface area contributed by atoms with Crippen LogP contribution in [0.5, 0.6) is 0 Å². The molecule has 2 N–H and O–H groups in total. The largest absolute Gasteiger partial charge is 0.355 e. The van der Waals surface area contributed by atoms with Crippen LogP contribution in [0, 0.1) is 6.92 Å². The molecular formula is C24H23BrN4O2S. The Kier molecular flexibility index (Phi) is 6.53. The summed E-state index contributed by atoms with van der Waals surface area (Å²) in [6.07, 6.45) is 1.82. The minimum Gasteiger partial charge on any atom is -0.355 e. The number of halogens is 1. The number of carbonyl (C=O) groups is 1. The maximum Gasteiger partial charge on any atom is 0.278 e. The fourth-order valence-corrected chi connectivity index (χ4v) is 4.66. The molecule has 8 heteroatoms. The molecule has 2 aromatic heterocycles. The molecule has 32 heavy (non-hydrogen) atoms. The highest BCUT2D eigenvalue weighted by Crippen LogP contribution is 2.29. The van der Waals surface area contributed by atoms with Gasteiger partial charge < -0.3 is 10.3 Å². The maximum atomic E-state index is 13.2. The number of anilines is 1. The van der Waals surface area contributed by atoms with Gasteiger partial charge in [0.05, 0.1) is 5.75 Å². The van der Waals surface area contributed by atoms with E-state index >= 15 is 0 Å². The molecule has 0 spiro atoms. The third-order valence-corrected chi connectivity index (χ3v) is 6.92. The van der Waals surface area contributed by atoms with Crippen molar-refractivity contribution < 1.29 is 4.79 Å². The summed E-state index contributed by atoms with van der Waals surface area (Å²) in [6, 6.07) is 15.4. The fraction of sp³-hybridized carbons (Fsp3) is 0.208. The van der Waals surface area contributed by atoms with E-state index in [1.165, 1.54) is 11.8 Å². The zero-order valence-electron chi connectivity index (χ0n) is 18.0. The second-order valence-corrected chi connectivity index (χ2v) is 9.55. The average molecular weight is 511 g/mol. The Bertz CT molecular complexity index is 1350. The van der Waals surface area contributed by atoms with E-state index in [-0.39, 0.29) is 23.3 Å². The first-order valence-electron chi connectivity index (χ1n) is 10.2. The summed E-state index contributed by atoms with van der Waals surface area (Å²) >= 11 is 4.73. The van der Waals surface area contributed by atoms with Crippen LogP contribution < -0.4 is 10.9 Å². The molecule has 4 aromatic rings. The van der Waals surface area contributed by atoms with E-state index in [9.17, 15) is 9.59 Å². The summed E-state index contributed by atoms with van der Waals surface area (Å²) in [4.78, 5) is 33.7. The summed E-state index contributed by atoms with van der Waals surface area (Å²) in [7, 11) is 0. The van der Waals surface area contributed by atoms with Gasteiger partial charge in [-0.25, -0.2) is 4.98 Å². The monoisotopic (exact) mass is 510 g/mol. The molecule has 0 saturated carbocycles. The molecular weight excluding hydrogens is 488 g/mol. The highest BCUT2D eigenvalue weighted by atomic mass is 79.9. The SMILES string of the molecule is Cc1cc(NC(=O)CSc2nc3c(-c4ccccc4)c[nH]c3c(=O)n2C(C)C)ccc1Br. The molecule has 0 fully saturated rings. The van der Waals surface area contributed by atoms with Gasteiger partial charge in [-0.2, -0.15) is 0 Å². The van der Waals surface area contributed by atoms with Crippen molar-refractivity contribution in [3.8, 4) is 11.1 Å². The number of fused-ring (bicyclic) bond motifs is 1. The summed E-state index contributed by atoms with van der Waals surface area (Å²) in [5.74, 6) is -0.0102. The molecule has 0 unspecified atom stereocenters. The first-order chi connectivity index (χ1) is 15.3. The molecule has 164 valence electrons. The number of nitrogens with zero attached hydrogens (tertiary/aromatic N) is 2. The summed E-state index contributed by atoms with van der Waals surface area (Å²) < 4.78 is 2.62. The van der Waals surface area contributed by atoms with Crippen molar-refractivity contribution in [1.82, 2.24) is 14.5 Å². The van der Waals surface area contributed by atoms with Gasteiger partial charge in [0, 0.05) is 28.0 Å². The number of H-pyrrole nitrogens is 1. The summed E-state index contributed by atoms with van der Waals surface area (Å²) in [6.45, 7) is 5.84. The molecule has 0 saturated heterocycles. The lowest BCUT2D eigenvalue weighted by molar-refractivity contribution is -0.113. The van der Waals surface area contributed by atoms with Crippen molar-refractivity contribution in [1.29, 1.82) is 0 Å². The minimum atomic E-state index is -0.154. The van der Waals surface area contributed by atoms with Crippen LogP contribution in [0.1, 0.15) is 25.5 Å². The van der Waals surface area contributed by atoms with Gasteiger partial charge in [0.15, 0.2) is 5.16 Å². The van der Waals surface area contributed by atoms with Crippen LogP contribution in [0.25, 0.3) is 22.2 Å². The van der Waals surface area contributed by atoms with Crippen LogP contribution in [0.2, 0.25) is 0 Å². The van der Waals surface area contributed by atoms with Crippen molar-refractivity contribution in [2.24, 2.45) is 0 Å². The van der Waals surface area contributed by atoms with Crippen molar-refractivity contribution in [2.75, 3.05) is 11.1 Å². The van der Waals surface area contributed by atoms with Gasteiger partial charge in [-0.3, -0.25) is 14.2 Å². The normalized spacial score (nSPS) is 11.3. The number of amides is 1. The van der Waals surface area contributed by atoms with Crippen molar-refractivity contribution in [3.05, 3.63) is 75.1 Å². The molecule has 2 heterocycles. The van der Waals surface area contributed by atoms with Gasteiger partial charge in [0.25, 0.3) is 5.56 Å². The molecule has 6 nitrogen and oxygen atoms in total. The lowest BCUT2D eigenvalue weighted by Gasteiger charge is -2.15. The van der Waals surface area contributed by atoms with Crippen LogP contribution >= 0.6 is 27.7 Å². The van der Waals surface area contributed by atoms with E-state index < -0.39 is 0 Å². The van der Waals surface area contributed by atoms with Crippen molar-refractivity contribution in [2.45, 2.75) is 32.0 Å². The minimum absolute atomic E-state index is 0.0949. The zero-order valence-corrected chi connectivity index (χ0v) is 20.4. The number of rotatable bonds is 6. The number of nitrogens with one attached hydrogen (secondary N) is 2. The van der Waals surface area contributed by atoms with Crippen molar-refractivity contribution in [3.63, 3.8) is 0 Å². The van der Waals surface area contributed by atoms with E-state index in [0.717, 1.165) is 26.9 Å². The van der Waals surface area contributed by atoms with Gasteiger partial charge in [-0.15, -0.1) is 0 Å². The predicted molar refractivity (Wildman–Crippen MR) is 134 cm³/mol. The average Bonchev–Trinajstić information content (AvgIpc) is 3.19. The second kappa shape index (κ2) is 9.34. The van der Waals surface area contributed by atoms with Gasteiger partial charge in [-0.05, 0) is 50.1 Å². The molecule has 0 radical (unpaired) electrons. The topological polar surface area (TPSA) is 79.8 Å². The zero-order chi connectivity index (χ0) is 22.8. The summed E-state index contributed by atoms with van der Waals surface area (Å²) in [5.41, 5.74) is 4.56. The molecule has 4 rings (SSSR count). The number of thioether (sulfide) groups is 1. The van der Waals surface area contributed by atoms with Gasteiger partial charge >= 0.3 is 0 Å². The molecule has 0 aliphatic carbocycles. The van der Waals surface area contributed by atoms with E-state index in [0.29, 0.717) is 16.2 Å². The van der Waals surface area contributed by atoms with Crippen LogP contribution in [-0.4, -0.2) is 26.2 Å². The Morgan fingerprint density at radius 2 is 1.97 bits per heavy atom. The Balaban J connectivity index is 1.64. The van der Waals surface area contributed by atoms with E-state index in [1.807, 2.05) is 75.5 Å². The standard InChI is InChI=1S/C24H23BrN4O2S/c1-14(2)29-23(31)22-21(18(12-26-22)16-7-5-4-6-8-16)28-24(29)32-13-20(30)27-17-9-10-19(25)15(3)11-17/h4-12,14,26H,13H2,1-3H3,(H,27,30). The molecule has 0 atom stereocenters. The number of carbonyl (C=O) groups excluding carboxylic acids is 1. The van der Waals surface area contributed by atoms with Gasteiger partial charge in [0.1, 0.15) is 11.0 Å². The number of aryl methyl sites for hydroxylation is 1. The first-order valence-corrected chi connectivity index (χ1v) is 12.0. The van der Waals surface area contributed by atoms with E-state index in [4.69, 9.17) is 4.98 Å².